The van der Waals surface area contributed by atoms with Gasteiger partial charge in [-0.05, 0) is 18.1 Å². The Bertz CT molecular complexity index is 500. The van der Waals surface area contributed by atoms with E-state index in [0.29, 0.717) is 11.1 Å². The third kappa shape index (κ3) is 2.38. The molecule has 90 valence electrons. The molecule has 5 nitrogen and oxygen atoms in total. The third-order valence-corrected chi connectivity index (χ3v) is 2.39. The maximum atomic E-state index is 11.2. The average molecular weight is 234 g/mol. The Morgan fingerprint density at radius 2 is 2.12 bits per heavy atom. The standard InChI is InChI=1S/C12H14N2O3/c1-7(2)10(11(13)15)17-12-14-8-5-3-4-6-9(8)16-12/h3-7,10H,1-2H3,(H2,13,15). The molecule has 0 radical (unpaired) electrons. The van der Waals surface area contributed by atoms with Gasteiger partial charge in [0.05, 0.1) is 0 Å². The number of rotatable bonds is 4. The number of carbonyl (C=O) groups is 1. The molecule has 2 aromatic rings. The van der Waals surface area contributed by atoms with E-state index in [2.05, 4.69) is 4.98 Å². The molecule has 0 saturated carbocycles. The lowest BCUT2D eigenvalue weighted by Crippen LogP contribution is -2.38. The van der Waals surface area contributed by atoms with Crippen molar-refractivity contribution in [2.24, 2.45) is 11.7 Å². The molecule has 0 fully saturated rings. The van der Waals surface area contributed by atoms with Crippen LogP contribution in [0.3, 0.4) is 0 Å². The number of nitrogens with two attached hydrogens (primary N) is 1. The number of para-hydroxylation sites is 2. The van der Waals surface area contributed by atoms with Crippen molar-refractivity contribution in [3.8, 4) is 6.08 Å². The lowest BCUT2D eigenvalue weighted by Gasteiger charge is -2.15. The number of hydrogen-bond acceptors (Lipinski definition) is 4. The van der Waals surface area contributed by atoms with Gasteiger partial charge in [-0.15, -0.1) is 0 Å². The molecule has 5 heteroatoms. The van der Waals surface area contributed by atoms with Gasteiger partial charge in [-0.1, -0.05) is 26.0 Å². The van der Waals surface area contributed by atoms with E-state index in [-0.39, 0.29) is 12.0 Å². The van der Waals surface area contributed by atoms with Crippen LogP contribution in [-0.2, 0) is 4.79 Å². The maximum Gasteiger partial charge on any atom is 0.395 e. The number of carbonyl (C=O) groups excluding carboxylic acids is 1. The summed E-state index contributed by atoms with van der Waals surface area (Å²) in [5.74, 6) is -0.565. The zero-order valence-corrected chi connectivity index (χ0v) is 9.71. The first kappa shape index (κ1) is 11.4. The van der Waals surface area contributed by atoms with Gasteiger partial charge in [0.25, 0.3) is 5.91 Å². The lowest BCUT2D eigenvalue weighted by molar-refractivity contribution is -0.127. The summed E-state index contributed by atoms with van der Waals surface area (Å²) < 4.78 is 10.7. The molecule has 0 aliphatic heterocycles. The SMILES string of the molecule is CC(C)C(Oc1nc2ccccc2o1)C(N)=O. The Labute approximate surface area is 98.6 Å². The predicted octanol–water partition coefficient (Wildman–Crippen LogP) is 1.72. The van der Waals surface area contributed by atoms with E-state index in [1.165, 1.54) is 0 Å². The summed E-state index contributed by atoms with van der Waals surface area (Å²) in [7, 11) is 0. The lowest BCUT2D eigenvalue weighted by atomic mass is 10.1. The molecule has 2 rings (SSSR count). The molecule has 0 spiro atoms. The van der Waals surface area contributed by atoms with Crippen LogP contribution in [0.4, 0.5) is 0 Å². The summed E-state index contributed by atoms with van der Waals surface area (Å²) in [5, 5.41) is 0. The second-order valence-corrected chi connectivity index (χ2v) is 4.13. The Kier molecular flexibility index (Phi) is 2.99. The highest BCUT2D eigenvalue weighted by Gasteiger charge is 2.23. The van der Waals surface area contributed by atoms with Crippen molar-refractivity contribution < 1.29 is 13.9 Å². The Hall–Kier alpha value is -2.04. The molecule has 2 N–H and O–H groups in total. The molecule has 0 aliphatic carbocycles. The number of benzene rings is 1. The van der Waals surface area contributed by atoms with Gasteiger partial charge in [-0.3, -0.25) is 4.79 Å². The number of aromatic nitrogens is 1. The van der Waals surface area contributed by atoms with Crippen molar-refractivity contribution in [3.63, 3.8) is 0 Å². The van der Waals surface area contributed by atoms with Gasteiger partial charge in [-0.2, -0.15) is 4.98 Å². The molecule has 1 unspecified atom stereocenters. The minimum atomic E-state index is -0.733. The number of ether oxygens (including phenoxy) is 1. The van der Waals surface area contributed by atoms with Crippen molar-refractivity contribution in [1.29, 1.82) is 0 Å². The molecular formula is C12H14N2O3. The molecule has 1 aromatic carbocycles. The fraction of sp³-hybridized carbons (Fsp3) is 0.333. The average Bonchev–Trinajstić information content (AvgIpc) is 2.67. The van der Waals surface area contributed by atoms with Gasteiger partial charge in [0, 0.05) is 0 Å². The largest absolute Gasteiger partial charge is 0.436 e. The molecule has 1 aromatic heterocycles. The topological polar surface area (TPSA) is 78.3 Å². The van der Waals surface area contributed by atoms with Crippen LogP contribution in [0.15, 0.2) is 28.7 Å². The van der Waals surface area contributed by atoms with E-state index in [1.807, 2.05) is 26.0 Å². The van der Waals surface area contributed by atoms with Crippen LogP contribution in [0, 0.1) is 5.92 Å². The van der Waals surface area contributed by atoms with Gasteiger partial charge >= 0.3 is 6.08 Å². The predicted molar refractivity (Wildman–Crippen MR) is 62.5 cm³/mol. The van der Waals surface area contributed by atoms with Crippen molar-refractivity contribution in [3.05, 3.63) is 24.3 Å². The highest BCUT2D eigenvalue weighted by Crippen LogP contribution is 2.22. The van der Waals surface area contributed by atoms with Crippen molar-refractivity contribution in [1.82, 2.24) is 4.98 Å². The Balaban J connectivity index is 2.25. The number of nitrogens with zero attached hydrogens (tertiary/aromatic N) is 1. The van der Waals surface area contributed by atoms with Gasteiger partial charge in [0.2, 0.25) is 0 Å². The van der Waals surface area contributed by atoms with Gasteiger partial charge < -0.3 is 14.9 Å². The summed E-state index contributed by atoms with van der Waals surface area (Å²) >= 11 is 0. The Morgan fingerprint density at radius 3 is 2.71 bits per heavy atom. The van der Waals surface area contributed by atoms with Crippen LogP contribution < -0.4 is 10.5 Å². The number of primary amides is 1. The third-order valence-electron chi connectivity index (χ3n) is 2.39. The van der Waals surface area contributed by atoms with E-state index < -0.39 is 12.0 Å². The van der Waals surface area contributed by atoms with E-state index in [9.17, 15) is 4.79 Å². The van der Waals surface area contributed by atoms with Gasteiger partial charge in [0.15, 0.2) is 11.7 Å². The Morgan fingerprint density at radius 1 is 1.41 bits per heavy atom. The molecule has 0 saturated heterocycles. The first-order valence-electron chi connectivity index (χ1n) is 5.39. The maximum absolute atomic E-state index is 11.2. The smallest absolute Gasteiger partial charge is 0.395 e. The first-order chi connectivity index (χ1) is 8.08. The summed E-state index contributed by atoms with van der Waals surface area (Å²) in [4.78, 5) is 15.3. The molecule has 1 amide bonds. The second-order valence-electron chi connectivity index (χ2n) is 4.13. The van der Waals surface area contributed by atoms with E-state index in [1.54, 1.807) is 12.1 Å². The van der Waals surface area contributed by atoms with E-state index in [4.69, 9.17) is 14.9 Å². The molecule has 1 heterocycles. The monoisotopic (exact) mass is 234 g/mol. The minimum Gasteiger partial charge on any atom is -0.436 e. The second kappa shape index (κ2) is 4.45. The number of oxazole rings is 1. The first-order valence-corrected chi connectivity index (χ1v) is 5.39. The van der Waals surface area contributed by atoms with Crippen molar-refractivity contribution in [2.45, 2.75) is 20.0 Å². The highest BCUT2D eigenvalue weighted by molar-refractivity contribution is 5.79. The molecule has 0 aliphatic rings. The molecule has 17 heavy (non-hydrogen) atoms. The molecular weight excluding hydrogens is 220 g/mol. The summed E-state index contributed by atoms with van der Waals surface area (Å²) in [6.45, 7) is 3.69. The van der Waals surface area contributed by atoms with Crippen LogP contribution in [0.25, 0.3) is 11.1 Å². The fourth-order valence-corrected chi connectivity index (χ4v) is 1.53. The number of hydrogen-bond donors (Lipinski definition) is 1. The van der Waals surface area contributed by atoms with Crippen molar-refractivity contribution in [2.75, 3.05) is 0 Å². The van der Waals surface area contributed by atoms with Crippen molar-refractivity contribution >= 4 is 17.0 Å². The fourth-order valence-electron chi connectivity index (χ4n) is 1.53. The zero-order chi connectivity index (χ0) is 12.4. The van der Waals surface area contributed by atoms with Crippen LogP contribution >= 0.6 is 0 Å². The normalized spacial score (nSPS) is 12.9. The quantitative estimate of drug-likeness (QED) is 0.873. The van der Waals surface area contributed by atoms with Gasteiger partial charge in [-0.25, -0.2) is 0 Å². The van der Waals surface area contributed by atoms with Crippen LogP contribution in [0.1, 0.15) is 13.8 Å². The van der Waals surface area contributed by atoms with Crippen LogP contribution in [0.5, 0.6) is 6.08 Å². The van der Waals surface area contributed by atoms with Crippen LogP contribution in [0.2, 0.25) is 0 Å². The van der Waals surface area contributed by atoms with E-state index >= 15 is 0 Å². The zero-order valence-electron chi connectivity index (χ0n) is 9.71. The minimum absolute atomic E-state index is 0.0393. The molecule has 0 bridgehead atoms. The summed E-state index contributed by atoms with van der Waals surface area (Å²) in [6, 6.07) is 7.28. The van der Waals surface area contributed by atoms with Gasteiger partial charge in [0.1, 0.15) is 5.52 Å². The number of amides is 1. The number of fused-ring (bicyclic) bond motifs is 1. The summed E-state index contributed by atoms with van der Waals surface area (Å²) in [5.41, 5.74) is 6.56. The van der Waals surface area contributed by atoms with E-state index in [0.717, 1.165) is 0 Å². The molecule has 1 atom stereocenters. The van der Waals surface area contributed by atoms with Crippen LogP contribution in [-0.4, -0.2) is 17.0 Å². The highest BCUT2D eigenvalue weighted by atomic mass is 16.6. The summed E-state index contributed by atoms with van der Waals surface area (Å²) in [6.07, 6.45) is -0.660.